The molecule has 0 bridgehead atoms. The van der Waals surface area contributed by atoms with Gasteiger partial charge in [-0.05, 0) is 30.7 Å². The number of non-ortho nitro benzene ring substituents is 1. The largest absolute Gasteiger partial charge is 0.272 e. The lowest BCUT2D eigenvalue weighted by atomic mass is 10.2. The normalized spacial score (nSPS) is 11.5. The number of carbonyl (C=O) groups excluding carboxylic acids is 2. The third-order valence-electron chi connectivity index (χ3n) is 3.44. The van der Waals surface area contributed by atoms with Gasteiger partial charge in [0, 0.05) is 28.0 Å². The quantitative estimate of drug-likeness (QED) is 0.577. The van der Waals surface area contributed by atoms with Crippen molar-refractivity contribution >= 4 is 40.9 Å². The zero-order chi connectivity index (χ0) is 19.1. The lowest BCUT2D eigenvalue weighted by molar-refractivity contribution is -0.384. The predicted octanol–water partition coefficient (Wildman–Crippen LogP) is 3.50. The molecule has 7 nitrogen and oxygen atoms in total. The Kier molecular flexibility index (Phi) is 6.99. The smallest absolute Gasteiger partial charge is 0.270 e. The van der Waals surface area contributed by atoms with Crippen molar-refractivity contribution in [3.63, 3.8) is 0 Å². The Labute approximate surface area is 159 Å². The van der Waals surface area contributed by atoms with Gasteiger partial charge in [0.2, 0.25) is 5.91 Å². The number of halogens is 1. The number of nitrogens with zero attached hydrogens (tertiary/aromatic N) is 1. The van der Waals surface area contributed by atoms with Crippen LogP contribution in [0, 0.1) is 10.1 Å². The third-order valence-corrected chi connectivity index (χ3v) is 4.89. The standard InChI is InChI=1S/C17H16ClN3O4S/c1-11(12-5-7-14(18)8-6-12)26-10-16(22)19-20-17(23)13-3-2-4-15(9-13)21(24)25/h2-9,11H,10H2,1H3,(H,19,22)(H,20,23). The summed E-state index contributed by atoms with van der Waals surface area (Å²) in [5.41, 5.74) is 5.46. The molecule has 0 fully saturated rings. The highest BCUT2D eigenvalue weighted by Gasteiger charge is 2.13. The Morgan fingerprint density at radius 1 is 1.19 bits per heavy atom. The fraction of sp³-hybridized carbons (Fsp3) is 0.176. The van der Waals surface area contributed by atoms with Gasteiger partial charge in [0.25, 0.3) is 11.6 Å². The molecule has 0 saturated heterocycles. The van der Waals surface area contributed by atoms with Crippen molar-refractivity contribution in [2.75, 3.05) is 5.75 Å². The second-order valence-corrected chi connectivity index (χ2v) is 7.08. The van der Waals surface area contributed by atoms with Gasteiger partial charge in [-0.2, -0.15) is 0 Å². The minimum absolute atomic E-state index is 0.0745. The molecule has 2 aromatic rings. The molecule has 9 heteroatoms. The number of nitro benzene ring substituents is 1. The Morgan fingerprint density at radius 3 is 2.54 bits per heavy atom. The second kappa shape index (κ2) is 9.21. The lowest BCUT2D eigenvalue weighted by Gasteiger charge is -2.12. The van der Waals surface area contributed by atoms with E-state index in [4.69, 9.17) is 11.6 Å². The molecule has 1 unspecified atom stereocenters. The molecule has 2 N–H and O–H groups in total. The first kappa shape index (κ1) is 19.7. The maximum Gasteiger partial charge on any atom is 0.270 e. The van der Waals surface area contributed by atoms with Crippen LogP contribution in [0.15, 0.2) is 48.5 Å². The van der Waals surface area contributed by atoms with Crippen LogP contribution in [-0.2, 0) is 4.79 Å². The molecule has 0 aliphatic heterocycles. The molecule has 2 rings (SSSR count). The summed E-state index contributed by atoms with van der Waals surface area (Å²) in [7, 11) is 0. The second-order valence-electron chi connectivity index (χ2n) is 5.31. The Bertz CT molecular complexity index is 814. The summed E-state index contributed by atoms with van der Waals surface area (Å²) in [6.45, 7) is 1.96. The molecule has 2 aromatic carbocycles. The molecule has 0 aliphatic rings. The van der Waals surface area contributed by atoms with E-state index in [1.54, 1.807) is 12.1 Å². The molecule has 26 heavy (non-hydrogen) atoms. The zero-order valence-electron chi connectivity index (χ0n) is 13.8. The maximum absolute atomic E-state index is 11.9. The third kappa shape index (κ3) is 5.75. The van der Waals surface area contributed by atoms with E-state index in [0.29, 0.717) is 5.02 Å². The van der Waals surface area contributed by atoms with E-state index in [1.165, 1.54) is 30.0 Å². The van der Waals surface area contributed by atoms with Crippen LogP contribution in [-0.4, -0.2) is 22.5 Å². The van der Waals surface area contributed by atoms with Crippen LogP contribution in [0.5, 0.6) is 0 Å². The first-order valence-corrected chi connectivity index (χ1v) is 9.00. The summed E-state index contributed by atoms with van der Waals surface area (Å²) in [6, 6.07) is 12.6. The van der Waals surface area contributed by atoms with Crippen molar-refractivity contribution in [2.24, 2.45) is 0 Å². The number of hydrogen-bond acceptors (Lipinski definition) is 5. The number of thioether (sulfide) groups is 1. The van der Waals surface area contributed by atoms with E-state index in [9.17, 15) is 19.7 Å². The molecular formula is C17H16ClN3O4S. The summed E-state index contributed by atoms with van der Waals surface area (Å²) < 4.78 is 0. The van der Waals surface area contributed by atoms with E-state index >= 15 is 0 Å². The number of rotatable bonds is 6. The molecule has 0 saturated carbocycles. The summed E-state index contributed by atoms with van der Waals surface area (Å²) in [5, 5.41) is 11.4. The summed E-state index contributed by atoms with van der Waals surface area (Å²) in [6.07, 6.45) is 0. The fourth-order valence-corrected chi connectivity index (χ4v) is 2.98. The number of amides is 2. The van der Waals surface area contributed by atoms with Crippen molar-refractivity contribution in [1.29, 1.82) is 0 Å². The van der Waals surface area contributed by atoms with Crippen LogP contribution in [0.25, 0.3) is 0 Å². The molecule has 1 atom stereocenters. The number of benzene rings is 2. The topological polar surface area (TPSA) is 101 Å². The van der Waals surface area contributed by atoms with Gasteiger partial charge in [0.1, 0.15) is 0 Å². The average molecular weight is 394 g/mol. The van der Waals surface area contributed by atoms with E-state index < -0.39 is 10.8 Å². The van der Waals surface area contributed by atoms with Crippen LogP contribution in [0.3, 0.4) is 0 Å². The van der Waals surface area contributed by atoms with Gasteiger partial charge in [0.15, 0.2) is 0 Å². The maximum atomic E-state index is 11.9. The van der Waals surface area contributed by atoms with Crippen LogP contribution in [0.4, 0.5) is 5.69 Å². The van der Waals surface area contributed by atoms with Gasteiger partial charge in [-0.15, -0.1) is 11.8 Å². The van der Waals surface area contributed by atoms with Crippen LogP contribution in [0.1, 0.15) is 28.1 Å². The molecule has 2 amide bonds. The van der Waals surface area contributed by atoms with E-state index in [2.05, 4.69) is 10.9 Å². The van der Waals surface area contributed by atoms with Crippen molar-refractivity contribution in [2.45, 2.75) is 12.2 Å². The Hall–Kier alpha value is -2.58. The highest BCUT2D eigenvalue weighted by atomic mass is 35.5. The highest BCUT2D eigenvalue weighted by molar-refractivity contribution is 8.00. The molecule has 136 valence electrons. The molecule has 0 aromatic heterocycles. The first-order valence-electron chi connectivity index (χ1n) is 7.57. The average Bonchev–Trinajstić information content (AvgIpc) is 2.64. The first-order chi connectivity index (χ1) is 12.4. The number of hydrazine groups is 1. The number of nitrogens with one attached hydrogen (secondary N) is 2. The minimum Gasteiger partial charge on any atom is -0.272 e. The highest BCUT2D eigenvalue weighted by Crippen LogP contribution is 2.28. The van der Waals surface area contributed by atoms with Gasteiger partial charge in [-0.3, -0.25) is 30.6 Å². The van der Waals surface area contributed by atoms with E-state index in [1.807, 2.05) is 19.1 Å². The molecule has 0 spiro atoms. The number of carbonyl (C=O) groups is 2. The van der Waals surface area contributed by atoms with Gasteiger partial charge >= 0.3 is 0 Å². The van der Waals surface area contributed by atoms with E-state index in [-0.39, 0.29) is 28.2 Å². The zero-order valence-corrected chi connectivity index (χ0v) is 15.3. The van der Waals surface area contributed by atoms with Crippen molar-refractivity contribution in [3.05, 3.63) is 74.8 Å². The van der Waals surface area contributed by atoms with Crippen molar-refractivity contribution in [1.82, 2.24) is 10.9 Å². The van der Waals surface area contributed by atoms with Crippen LogP contribution >= 0.6 is 23.4 Å². The van der Waals surface area contributed by atoms with Gasteiger partial charge < -0.3 is 0 Å². The molecule has 0 heterocycles. The Balaban J connectivity index is 1.81. The summed E-state index contributed by atoms with van der Waals surface area (Å²) in [4.78, 5) is 33.9. The monoisotopic (exact) mass is 393 g/mol. The van der Waals surface area contributed by atoms with Crippen molar-refractivity contribution in [3.8, 4) is 0 Å². The minimum atomic E-state index is -0.627. The van der Waals surface area contributed by atoms with Gasteiger partial charge in [-0.25, -0.2) is 0 Å². The number of hydrogen-bond donors (Lipinski definition) is 2. The molecule has 0 radical (unpaired) electrons. The summed E-state index contributed by atoms with van der Waals surface area (Å²) in [5.74, 6) is -0.869. The SMILES string of the molecule is CC(SCC(=O)NNC(=O)c1cccc([N+](=O)[O-])c1)c1ccc(Cl)cc1. The van der Waals surface area contributed by atoms with Crippen molar-refractivity contribution < 1.29 is 14.5 Å². The lowest BCUT2D eigenvalue weighted by Crippen LogP contribution is -2.42. The summed E-state index contributed by atoms with van der Waals surface area (Å²) >= 11 is 7.25. The van der Waals surface area contributed by atoms with E-state index in [0.717, 1.165) is 11.6 Å². The van der Waals surface area contributed by atoms with Crippen LogP contribution < -0.4 is 10.9 Å². The molecular weight excluding hydrogens is 378 g/mol. The van der Waals surface area contributed by atoms with Gasteiger partial charge in [0.05, 0.1) is 10.7 Å². The van der Waals surface area contributed by atoms with Gasteiger partial charge in [-0.1, -0.05) is 29.8 Å². The van der Waals surface area contributed by atoms with Crippen LogP contribution in [0.2, 0.25) is 5.02 Å². The predicted molar refractivity (Wildman–Crippen MR) is 101 cm³/mol. The fourth-order valence-electron chi connectivity index (χ4n) is 2.03. The molecule has 0 aliphatic carbocycles. The number of nitro groups is 1. The Morgan fingerprint density at radius 2 is 1.88 bits per heavy atom.